The maximum atomic E-state index is 7.01. The van der Waals surface area contributed by atoms with E-state index in [2.05, 4.69) is 170 Å². The summed E-state index contributed by atoms with van der Waals surface area (Å²) in [5, 5.41) is 10.4. The number of pyridine rings is 1. The highest BCUT2D eigenvalue weighted by Crippen LogP contribution is 2.38. The maximum Gasteiger partial charge on any atom is 0.145 e. The molecule has 0 aliphatic rings. The number of allylic oxidation sites excluding steroid dienone is 4. The van der Waals surface area contributed by atoms with Crippen LogP contribution in [0.2, 0.25) is 0 Å². The zero-order chi connectivity index (χ0) is 43.7. The molecule has 0 amide bonds. The minimum atomic E-state index is 0.121. The molecule has 0 atom stereocenters. The molecule has 0 aliphatic carbocycles. The number of hydrogen-bond acceptors (Lipinski definition) is 4. The molecule has 2 aromatic heterocycles. The Balaban J connectivity index is 0.000000203. The Morgan fingerprint density at radius 3 is 1.74 bits per heavy atom. The molecule has 5 N–H and O–H groups in total. The zero-order valence-corrected chi connectivity index (χ0v) is 36.2. The van der Waals surface area contributed by atoms with Crippen molar-refractivity contribution < 1.29 is 0 Å². The van der Waals surface area contributed by atoms with Crippen LogP contribution < -0.4 is 11.5 Å². The molecule has 0 fully saturated rings. The van der Waals surface area contributed by atoms with Crippen molar-refractivity contribution in [2.45, 2.75) is 47.1 Å². The van der Waals surface area contributed by atoms with E-state index in [1.54, 1.807) is 0 Å². The van der Waals surface area contributed by atoms with Crippen LogP contribution in [-0.4, -0.2) is 20.4 Å². The van der Waals surface area contributed by atoms with E-state index >= 15 is 0 Å². The summed E-state index contributed by atoms with van der Waals surface area (Å²) in [6, 6.07) is 58.2. The van der Waals surface area contributed by atoms with Gasteiger partial charge in [0.25, 0.3) is 0 Å². The Morgan fingerprint density at radius 2 is 1.15 bits per heavy atom. The van der Waals surface area contributed by atoms with Crippen molar-refractivity contribution in [2.75, 3.05) is 0 Å². The molecule has 0 saturated heterocycles. The van der Waals surface area contributed by atoms with Gasteiger partial charge in [-0.15, -0.1) is 0 Å². The Bertz CT molecular complexity index is 2860. The maximum absolute atomic E-state index is 7.01. The number of nitrogens with one attached hydrogen (secondary N) is 1. The number of rotatable bonds is 9. The predicted octanol–water partition coefficient (Wildman–Crippen LogP) is 13.6. The van der Waals surface area contributed by atoms with Crippen LogP contribution in [0.25, 0.3) is 60.9 Å². The van der Waals surface area contributed by atoms with Crippen LogP contribution in [-0.2, 0) is 13.0 Å². The number of aryl methyl sites for hydroxylation is 1. The van der Waals surface area contributed by atoms with Crippen molar-refractivity contribution >= 4 is 38.5 Å². The number of aromatic nitrogens is 3. The van der Waals surface area contributed by atoms with Gasteiger partial charge in [-0.25, -0.2) is 4.98 Å². The molecule has 0 aliphatic heterocycles. The van der Waals surface area contributed by atoms with Gasteiger partial charge < -0.3 is 11.5 Å². The summed E-state index contributed by atoms with van der Waals surface area (Å²) < 4.78 is 2.29. The average molecular weight is 813 g/mol. The Labute approximate surface area is 366 Å². The van der Waals surface area contributed by atoms with Crippen molar-refractivity contribution in [1.82, 2.24) is 14.5 Å². The van der Waals surface area contributed by atoms with E-state index in [0.29, 0.717) is 6.54 Å². The molecule has 0 bridgehead atoms. The molecule has 0 unspecified atom stereocenters. The summed E-state index contributed by atoms with van der Waals surface area (Å²) >= 11 is 0. The van der Waals surface area contributed by atoms with E-state index in [-0.39, 0.29) is 5.84 Å². The third kappa shape index (κ3) is 10.8. The van der Waals surface area contributed by atoms with Crippen molar-refractivity contribution in [3.63, 3.8) is 0 Å². The molecular weight excluding hydrogens is 757 g/mol. The number of fused-ring (bicyclic) bond motifs is 6. The minimum Gasteiger partial charge on any atom is -0.384 e. The van der Waals surface area contributed by atoms with E-state index in [4.69, 9.17) is 26.8 Å². The van der Waals surface area contributed by atoms with Gasteiger partial charge in [0.1, 0.15) is 11.7 Å². The summed E-state index contributed by atoms with van der Waals surface area (Å²) in [5.41, 5.74) is 22.9. The highest BCUT2D eigenvalue weighted by atomic mass is 15.1. The predicted molar refractivity (Wildman–Crippen MR) is 265 cm³/mol. The van der Waals surface area contributed by atoms with Gasteiger partial charge in [-0.2, -0.15) is 0 Å². The summed E-state index contributed by atoms with van der Waals surface area (Å²) in [7, 11) is 0. The number of hydrogen-bond donors (Lipinski definition) is 3. The first kappa shape index (κ1) is 44.2. The van der Waals surface area contributed by atoms with Gasteiger partial charge in [0.2, 0.25) is 0 Å². The van der Waals surface area contributed by atoms with Crippen LogP contribution in [0.4, 0.5) is 0 Å². The quantitative estimate of drug-likeness (QED) is 0.0584. The number of nitrogen functional groups attached to an aromatic ring is 1. The van der Waals surface area contributed by atoms with Gasteiger partial charge >= 0.3 is 0 Å². The fourth-order valence-electron chi connectivity index (χ4n) is 7.07. The van der Waals surface area contributed by atoms with Crippen LogP contribution in [0, 0.1) is 12.3 Å². The number of amidine groups is 1. The van der Waals surface area contributed by atoms with Crippen LogP contribution >= 0.6 is 0 Å². The minimum absolute atomic E-state index is 0.121. The molecule has 0 radical (unpaired) electrons. The van der Waals surface area contributed by atoms with Crippen LogP contribution in [0.5, 0.6) is 0 Å². The topological polar surface area (TPSA) is 107 Å². The first-order valence-corrected chi connectivity index (χ1v) is 21.3. The molecule has 62 heavy (non-hydrogen) atoms. The second-order valence-corrected chi connectivity index (χ2v) is 14.5. The molecule has 6 heteroatoms. The van der Waals surface area contributed by atoms with E-state index in [1.807, 2.05) is 62.5 Å². The molecule has 310 valence electrons. The fourth-order valence-corrected chi connectivity index (χ4v) is 7.07. The van der Waals surface area contributed by atoms with Crippen LogP contribution in [0.1, 0.15) is 49.4 Å². The number of nitrogens with zero attached hydrogens (tertiary/aromatic N) is 3. The van der Waals surface area contributed by atoms with Crippen LogP contribution in [0.3, 0.4) is 0 Å². The second-order valence-electron chi connectivity index (χ2n) is 14.5. The number of nitrogens with two attached hydrogens (primary N) is 2. The van der Waals surface area contributed by atoms with Gasteiger partial charge in [0.05, 0.1) is 16.6 Å². The fraction of sp³-hybridized carbons (Fsp3) is 0.125. The molecular formula is C56H56N6. The molecule has 9 rings (SSSR count). The number of imidazole rings is 1. The van der Waals surface area contributed by atoms with Gasteiger partial charge in [0, 0.05) is 45.7 Å². The summed E-state index contributed by atoms with van der Waals surface area (Å²) in [6.07, 6.45) is 12.5. The zero-order valence-electron chi connectivity index (χ0n) is 36.2. The summed E-state index contributed by atoms with van der Waals surface area (Å²) in [5.74, 6) is 1.05. The summed E-state index contributed by atoms with van der Waals surface area (Å²) in [6.45, 7) is 8.87. The molecule has 0 spiro atoms. The standard InChI is InChI=1S/C33H23N3.C14H19N.C7H8N2.C2H6/c1-22-13-15-23(16-14-22)24-17-19-26(20-18-24)36-32-29-12-7-21-34-30(29)27-10-5-6-11-28(27)31(32)35-33(36)25-8-3-2-4-9-25;1-2-3-4-5-6-7-13-8-10-14(12-15)11-9-13;8-7(9)6-4-2-1-3-5-6;1-2/h2-21H,1H3;3-6,8-11H,2,7,12,15H2,1H3;1-5H,(H3,8,9);1-2H3/b;4-3-,6-5-;;. The van der Waals surface area contributed by atoms with Crippen molar-refractivity contribution in [2.24, 2.45) is 11.5 Å². The smallest absolute Gasteiger partial charge is 0.145 e. The van der Waals surface area contributed by atoms with Crippen molar-refractivity contribution in [1.29, 1.82) is 5.41 Å². The Morgan fingerprint density at radius 1 is 0.597 bits per heavy atom. The van der Waals surface area contributed by atoms with Gasteiger partial charge in [-0.05, 0) is 66.3 Å². The first-order valence-electron chi connectivity index (χ1n) is 21.3. The molecule has 7 aromatic carbocycles. The highest BCUT2D eigenvalue weighted by molar-refractivity contribution is 6.23. The highest BCUT2D eigenvalue weighted by Gasteiger charge is 2.20. The van der Waals surface area contributed by atoms with E-state index < -0.39 is 0 Å². The lowest BCUT2D eigenvalue weighted by Gasteiger charge is -2.13. The second kappa shape index (κ2) is 22.3. The van der Waals surface area contributed by atoms with E-state index in [1.165, 1.54) is 27.8 Å². The molecule has 2 heterocycles. The molecule has 6 nitrogen and oxygen atoms in total. The third-order valence-corrected chi connectivity index (χ3v) is 10.2. The van der Waals surface area contributed by atoms with Gasteiger partial charge in [-0.3, -0.25) is 15.0 Å². The monoisotopic (exact) mass is 812 g/mol. The lowest BCUT2D eigenvalue weighted by molar-refractivity contribution is 1.07. The lowest BCUT2D eigenvalue weighted by atomic mass is 10.0. The SMILES string of the molecule is CC.CC/C=C\C=C/Cc1ccc(CN)cc1.Cc1ccc(-c2ccc(-n3c(-c4ccccc4)nc4c5ccccc5c5ncccc5c43)cc2)cc1.N=C(N)c1ccccc1. The normalized spacial score (nSPS) is 10.9. The van der Waals surface area contributed by atoms with E-state index in [9.17, 15) is 0 Å². The first-order chi connectivity index (χ1) is 30.4. The summed E-state index contributed by atoms with van der Waals surface area (Å²) in [4.78, 5) is 10.1. The third-order valence-electron chi connectivity index (χ3n) is 10.2. The van der Waals surface area contributed by atoms with Crippen molar-refractivity contribution in [3.05, 3.63) is 223 Å². The van der Waals surface area contributed by atoms with E-state index in [0.717, 1.165) is 68.2 Å². The van der Waals surface area contributed by atoms with Gasteiger partial charge in [-0.1, -0.05) is 196 Å². The molecule has 9 aromatic rings. The average Bonchev–Trinajstić information content (AvgIpc) is 3.75. The van der Waals surface area contributed by atoms with Crippen LogP contribution in [0.15, 0.2) is 200 Å². The van der Waals surface area contributed by atoms with Crippen molar-refractivity contribution in [3.8, 4) is 28.2 Å². The Hall–Kier alpha value is -7.41. The molecule has 0 saturated carbocycles. The lowest BCUT2D eigenvalue weighted by Crippen LogP contribution is -2.10. The largest absolute Gasteiger partial charge is 0.384 e. The van der Waals surface area contributed by atoms with Gasteiger partial charge in [0.15, 0.2) is 0 Å². The number of benzene rings is 7. The Kier molecular flexibility index (Phi) is 15.9.